The summed E-state index contributed by atoms with van der Waals surface area (Å²) in [6.45, 7) is 1.49. The Morgan fingerprint density at radius 2 is 2.15 bits per heavy atom. The minimum absolute atomic E-state index is 0.275. The van der Waals surface area contributed by atoms with Gasteiger partial charge in [0, 0.05) is 6.04 Å². The van der Waals surface area contributed by atoms with Crippen LogP contribution in [0.3, 0.4) is 0 Å². The molecule has 0 aromatic carbocycles. The number of esters is 1. The first-order valence-corrected chi connectivity index (χ1v) is 6.84. The monoisotopic (exact) mass is 296 g/mol. The molecule has 0 saturated heterocycles. The van der Waals surface area contributed by atoms with E-state index in [0.717, 1.165) is 0 Å². The smallest absolute Gasteiger partial charge is 0.401 e. The topological polar surface area (TPSA) is 41.6 Å². The molecule has 20 heavy (non-hydrogen) atoms. The number of carbonyl (C=O) groups is 1. The Hall–Kier alpha value is -0.820. The van der Waals surface area contributed by atoms with Crippen LogP contribution in [0, 0.1) is 0 Å². The summed E-state index contributed by atoms with van der Waals surface area (Å²) in [5.74, 6) is -0.385. The lowest BCUT2D eigenvalue weighted by molar-refractivity contribution is -0.156. The molecule has 0 amide bonds. The summed E-state index contributed by atoms with van der Waals surface area (Å²) >= 11 is 0. The van der Waals surface area contributed by atoms with E-state index in [1.807, 2.05) is 6.92 Å². The first kappa shape index (κ1) is 17.2. The number of ether oxygens (including phenoxy) is 1. The molecule has 1 rings (SSSR count). The predicted molar refractivity (Wildman–Crippen MR) is 69.4 cm³/mol. The zero-order chi connectivity index (χ0) is 15.4. The van der Waals surface area contributed by atoms with Gasteiger partial charge in [0.15, 0.2) is 0 Å². The van der Waals surface area contributed by atoms with Gasteiger partial charge in [-0.2, -0.15) is 13.2 Å². The Morgan fingerprint density at radius 1 is 1.50 bits per heavy atom. The van der Waals surface area contributed by atoms with Gasteiger partial charge in [0.05, 0.1) is 13.7 Å². The zero-order valence-corrected chi connectivity index (χ0v) is 12.2. The number of likely N-dealkylation sites (N-methyl/N-ethyl adjacent to an activating group) is 1. The summed E-state index contributed by atoms with van der Waals surface area (Å²) in [5, 5.41) is 3.11. The van der Waals surface area contributed by atoms with Crippen LogP contribution in [-0.2, 0) is 9.53 Å². The molecule has 2 unspecified atom stereocenters. The minimum Gasteiger partial charge on any atom is -0.468 e. The predicted octanol–water partition coefficient (Wildman–Crippen LogP) is 1.94. The van der Waals surface area contributed by atoms with E-state index in [4.69, 9.17) is 4.74 Å². The Morgan fingerprint density at radius 3 is 2.65 bits per heavy atom. The highest BCUT2D eigenvalue weighted by Gasteiger charge is 2.45. The van der Waals surface area contributed by atoms with E-state index in [0.29, 0.717) is 32.2 Å². The highest BCUT2D eigenvalue weighted by Crippen LogP contribution is 2.33. The number of rotatable bonds is 5. The lowest BCUT2D eigenvalue weighted by Gasteiger charge is -2.42. The van der Waals surface area contributed by atoms with Crippen molar-refractivity contribution < 1.29 is 22.7 Å². The molecule has 4 nitrogen and oxygen atoms in total. The summed E-state index contributed by atoms with van der Waals surface area (Å²) in [6, 6.07) is -0.275. The fourth-order valence-corrected chi connectivity index (χ4v) is 2.99. The number of nitrogens with one attached hydrogen (secondary N) is 1. The van der Waals surface area contributed by atoms with E-state index in [9.17, 15) is 18.0 Å². The third-order valence-electron chi connectivity index (χ3n) is 3.87. The van der Waals surface area contributed by atoms with E-state index >= 15 is 0 Å². The van der Waals surface area contributed by atoms with Crippen LogP contribution in [0.25, 0.3) is 0 Å². The van der Waals surface area contributed by atoms with E-state index in [-0.39, 0.29) is 12.0 Å². The number of nitrogens with zero attached hydrogens (tertiary/aromatic N) is 1. The first-order chi connectivity index (χ1) is 9.24. The van der Waals surface area contributed by atoms with Crippen molar-refractivity contribution in [2.45, 2.75) is 50.4 Å². The van der Waals surface area contributed by atoms with Crippen molar-refractivity contribution in [1.29, 1.82) is 0 Å². The van der Waals surface area contributed by atoms with Crippen molar-refractivity contribution in [2.75, 3.05) is 27.2 Å². The molecule has 0 bridgehead atoms. The third kappa shape index (κ3) is 4.34. The Kier molecular flexibility index (Phi) is 5.82. The molecule has 0 aromatic heterocycles. The van der Waals surface area contributed by atoms with Gasteiger partial charge in [-0.05, 0) is 39.3 Å². The van der Waals surface area contributed by atoms with Crippen molar-refractivity contribution in [3.8, 4) is 0 Å². The summed E-state index contributed by atoms with van der Waals surface area (Å²) in [5.41, 5.74) is -0.855. The van der Waals surface area contributed by atoms with Gasteiger partial charge in [-0.3, -0.25) is 9.69 Å². The molecule has 0 spiro atoms. The number of halogens is 3. The number of hydrogen-bond acceptors (Lipinski definition) is 4. The molecular weight excluding hydrogens is 273 g/mol. The molecule has 1 aliphatic rings. The van der Waals surface area contributed by atoms with Crippen LogP contribution >= 0.6 is 0 Å². The highest BCUT2D eigenvalue weighted by atomic mass is 19.4. The lowest BCUT2D eigenvalue weighted by atomic mass is 9.78. The van der Waals surface area contributed by atoms with Gasteiger partial charge in [0.2, 0.25) is 0 Å². The lowest BCUT2D eigenvalue weighted by Crippen LogP contribution is -2.58. The molecular formula is C13H23F3N2O2. The average molecular weight is 296 g/mol. The third-order valence-corrected chi connectivity index (χ3v) is 3.87. The quantitative estimate of drug-likeness (QED) is 0.787. The van der Waals surface area contributed by atoms with E-state index < -0.39 is 18.3 Å². The second-order valence-electron chi connectivity index (χ2n) is 5.38. The fourth-order valence-electron chi connectivity index (χ4n) is 2.99. The van der Waals surface area contributed by atoms with Crippen LogP contribution < -0.4 is 5.32 Å². The maximum atomic E-state index is 12.5. The molecule has 0 aliphatic heterocycles. The average Bonchev–Trinajstić information content (AvgIpc) is 2.36. The van der Waals surface area contributed by atoms with Gasteiger partial charge in [-0.25, -0.2) is 0 Å². The summed E-state index contributed by atoms with van der Waals surface area (Å²) in [7, 11) is 2.77. The van der Waals surface area contributed by atoms with Crippen LogP contribution in [0.5, 0.6) is 0 Å². The molecule has 7 heteroatoms. The van der Waals surface area contributed by atoms with Gasteiger partial charge in [-0.15, -0.1) is 0 Å². The maximum Gasteiger partial charge on any atom is 0.401 e. The van der Waals surface area contributed by atoms with E-state index in [1.54, 1.807) is 0 Å². The SMILES string of the molecule is CCNC1(C(=O)OC)CCCC(N(C)CC(F)(F)F)C1. The van der Waals surface area contributed by atoms with Gasteiger partial charge in [0.1, 0.15) is 5.54 Å². The van der Waals surface area contributed by atoms with E-state index in [1.165, 1.54) is 19.1 Å². The van der Waals surface area contributed by atoms with Crippen molar-refractivity contribution in [3.05, 3.63) is 0 Å². The Labute approximate surface area is 117 Å². The van der Waals surface area contributed by atoms with Gasteiger partial charge < -0.3 is 10.1 Å². The number of methoxy groups -OCH3 is 1. The highest BCUT2D eigenvalue weighted by molar-refractivity contribution is 5.81. The van der Waals surface area contributed by atoms with Crippen molar-refractivity contribution in [3.63, 3.8) is 0 Å². The molecule has 1 fully saturated rings. The molecule has 1 saturated carbocycles. The molecule has 0 heterocycles. The summed E-state index contributed by atoms with van der Waals surface area (Å²) < 4.78 is 42.3. The molecule has 2 atom stereocenters. The molecule has 0 radical (unpaired) electrons. The maximum absolute atomic E-state index is 12.5. The second kappa shape index (κ2) is 6.76. The number of alkyl halides is 3. The fraction of sp³-hybridized carbons (Fsp3) is 0.923. The Balaban J connectivity index is 2.79. The van der Waals surface area contributed by atoms with Crippen molar-refractivity contribution in [2.24, 2.45) is 0 Å². The standard InChI is InChI=1S/C13H23F3N2O2/c1-4-17-12(11(19)20-3)7-5-6-10(8-12)18(2)9-13(14,15)16/h10,17H,4-9H2,1-3H3. The first-order valence-electron chi connectivity index (χ1n) is 6.84. The van der Waals surface area contributed by atoms with Gasteiger partial charge in [-0.1, -0.05) is 6.92 Å². The Bertz CT molecular complexity index is 332. The summed E-state index contributed by atoms with van der Waals surface area (Å²) in [6.07, 6.45) is -1.91. The molecule has 1 aliphatic carbocycles. The van der Waals surface area contributed by atoms with Gasteiger partial charge in [0.25, 0.3) is 0 Å². The van der Waals surface area contributed by atoms with Gasteiger partial charge >= 0.3 is 12.1 Å². The van der Waals surface area contributed by atoms with Crippen molar-refractivity contribution in [1.82, 2.24) is 10.2 Å². The molecule has 0 aromatic rings. The van der Waals surface area contributed by atoms with E-state index in [2.05, 4.69) is 5.32 Å². The van der Waals surface area contributed by atoms with Crippen LogP contribution in [0.15, 0.2) is 0 Å². The largest absolute Gasteiger partial charge is 0.468 e. The normalized spacial score (nSPS) is 27.6. The summed E-state index contributed by atoms with van der Waals surface area (Å²) in [4.78, 5) is 13.3. The number of hydrogen-bond donors (Lipinski definition) is 1. The van der Waals surface area contributed by atoms with Crippen LogP contribution in [0.1, 0.15) is 32.6 Å². The van der Waals surface area contributed by atoms with Crippen LogP contribution in [-0.4, -0.2) is 55.9 Å². The second-order valence-corrected chi connectivity index (χ2v) is 5.38. The molecule has 1 N–H and O–H groups in total. The van der Waals surface area contributed by atoms with Crippen LogP contribution in [0.4, 0.5) is 13.2 Å². The van der Waals surface area contributed by atoms with Crippen LogP contribution in [0.2, 0.25) is 0 Å². The van der Waals surface area contributed by atoms with Crippen molar-refractivity contribution >= 4 is 5.97 Å². The zero-order valence-electron chi connectivity index (χ0n) is 12.2. The molecule has 118 valence electrons. The minimum atomic E-state index is -4.22. The number of carbonyl (C=O) groups excluding carboxylic acids is 1.